The van der Waals surface area contributed by atoms with E-state index in [1.807, 2.05) is 88.0 Å². The molecule has 0 aliphatic carbocycles. The van der Waals surface area contributed by atoms with Crippen molar-refractivity contribution >= 4 is 59.3 Å². The summed E-state index contributed by atoms with van der Waals surface area (Å²) in [6.45, 7) is 22.9. The van der Waals surface area contributed by atoms with Gasteiger partial charge in [-0.15, -0.1) is 0 Å². The van der Waals surface area contributed by atoms with E-state index in [1.54, 1.807) is 33.9 Å². The van der Waals surface area contributed by atoms with Gasteiger partial charge in [0.15, 0.2) is 0 Å². The number of rotatable bonds is 14. The number of nitrogens with zero attached hydrogens (tertiary/aromatic N) is 10. The number of amides is 4. The number of morpholine rings is 2. The monoisotopic (exact) mass is 1220 g/mol. The lowest BCUT2D eigenvalue weighted by Gasteiger charge is -2.32. The quantitative estimate of drug-likeness (QED) is 0.0749. The Bertz CT molecular complexity index is 3280. The molecule has 5 fully saturated rings. The number of likely N-dealkylation sites (tertiary alicyclic amines) is 2. The van der Waals surface area contributed by atoms with Crippen LogP contribution < -0.4 is 25.9 Å². The fourth-order valence-corrected chi connectivity index (χ4v) is 11.4. The Morgan fingerprint density at radius 3 is 1.68 bits per heavy atom. The van der Waals surface area contributed by atoms with Gasteiger partial charge in [-0.3, -0.25) is 9.36 Å². The predicted octanol–water partition coefficient (Wildman–Crippen LogP) is 9.54. The zero-order chi connectivity index (χ0) is 62.0. The Morgan fingerprint density at radius 1 is 0.667 bits per heavy atom. The Kier molecular flexibility index (Phi) is 21.2. The number of hydrogen-bond donors (Lipinski definition) is 4. The number of pyridine rings is 2. The van der Waals surface area contributed by atoms with E-state index < -0.39 is 42.9 Å². The van der Waals surface area contributed by atoms with Crippen LogP contribution >= 0.6 is 11.6 Å². The topological polar surface area (TPSA) is 210 Å². The van der Waals surface area contributed by atoms with Crippen LogP contribution in [0.3, 0.4) is 0 Å². The van der Waals surface area contributed by atoms with Crippen LogP contribution in [0.25, 0.3) is 33.9 Å². The molecule has 468 valence electrons. The molecule has 9 heterocycles. The van der Waals surface area contributed by atoms with E-state index in [1.165, 1.54) is 4.90 Å². The average Bonchev–Trinajstić information content (AvgIpc) is 2.10. The molecule has 0 saturated carbocycles. The number of urea groups is 2. The molecule has 2 atom stereocenters. The van der Waals surface area contributed by atoms with Crippen LogP contribution in [-0.2, 0) is 31.9 Å². The van der Waals surface area contributed by atoms with Gasteiger partial charge in [-0.2, -0.15) is 23.4 Å². The number of ether oxygens (including phenoxy) is 2. The molecule has 87 heavy (non-hydrogen) atoms. The fraction of sp³-hybridized carbons (Fsp3) is 0.516. The minimum absolute atomic E-state index is 0.00155. The molecule has 5 aliphatic heterocycles. The van der Waals surface area contributed by atoms with E-state index in [9.17, 15) is 27.9 Å². The van der Waals surface area contributed by atoms with Gasteiger partial charge in [0, 0.05) is 87.6 Å². The predicted molar refractivity (Wildman–Crippen MR) is 332 cm³/mol. The number of carbonyl (C=O) groups is 2. The number of aliphatic hydroxyl groups excluding tert-OH is 2. The van der Waals surface area contributed by atoms with Crippen LogP contribution in [-0.4, -0.2) is 178 Å². The summed E-state index contributed by atoms with van der Waals surface area (Å²) in [6, 6.07) is 22.7. The number of nitrogens with one attached hydrogen (secondary N) is 2. The Balaban J connectivity index is 0.000000162. The van der Waals surface area contributed by atoms with Crippen LogP contribution in [0.5, 0.6) is 0 Å². The summed E-state index contributed by atoms with van der Waals surface area (Å²) in [4.78, 5) is 42.9. The van der Waals surface area contributed by atoms with Gasteiger partial charge in [-0.05, 0) is 149 Å². The number of anilines is 4. The van der Waals surface area contributed by atoms with Crippen molar-refractivity contribution in [3.63, 3.8) is 0 Å². The molecule has 0 spiro atoms. The number of hydrogen-bond acceptors (Lipinski definition) is 14. The van der Waals surface area contributed by atoms with Gasteiger partial charge in [0.2, 0.25) is 0 Å². The van der Waals surface area contributed by atoms with E-state index in [2.05, 4.69) is 61.6 Å². The van der Waals surface area contributed by atoms with Crippen LogP contribution in [0.2, 0.25) is 5.02 Å². The number of alkyl halides is 3. The Labute approximate surface area is 512 Å². The van der Waals surface area contributed by atoms with E-state index in [0.717, 1.165) is 120 Å². The molecule has 2 aromatic carbocycles. The lowest BCUT2D eigenvalue weighted by atomic mass is 9.76. The third-order valence-electron chi connectivity index (χ3n) is 16.9. The number of carbonyl (C=O) groups excluding carboxylic acids is 2. The normalized spacial score (nSPS) is 19.2. The maximum atomic E-state index is 12.9. The fourth-order valence-electron chi connectivity index (χ4n) is 11.2. The SMILES string of the molecule is CC[C@@H]1CCN(C(=O)Nc2ccc(C)c(-c3cc(-c4ccnn4CCO)nc(N4CCOCC4)c3)c2)C1.Cc1ccc(NC(=O)N2CC[C@@H](CC(F)(F)F)C2)cc1B1OC(C)(C)C(C)(C)O1.OCCn1nccc1-c1cc(Cl)cc(N2CCOCC2)n1. The highest BCUT2D eigenvalue weighted by Crippen LogP contribution is 2.38. The van der Waals surface area contributed by atoms with Gasteiger partial charge < -0.3 is 59.2 Å². The average molecular weight is 1230 g/mol. The maximum absolute atomic E-state index is 12.9. The van der Waals surface area contributed by atoms with Gasteiger partial charge in [0.1, 0.15) is 11.6 Å². The van der Waals surface area contributed by atoms with Crippen LogP contribution in [0.1, 0.15) is 71.4 Å². The second-order valence-electron chi connectivity index (χ2n) is 23.6. The second kappa shape index (κ2) is 28.6. The molecule has 11 rings (SSSR count). The number of aromatic nitrogens is 6. The highest BCUT2D eigenvalue weighted by atomic mass is 35.5. The molecule has 4 N–H and O–H groups in total. The first-order valence-corrected chi connectivity index (χ1v) is 30.4. The summed E-state index contributed by atoms with van der Waals surface area (Å²) in [6.07, 6.45) is 0.906. The lowest BCUT2D eigenvalue weighted by molar-refractivity contribution is -0.143. The van der Waals surface area contributed by atoms with Gasteiger partial charge in [0.25, 0.3) is 0 Å². The van der Waals surface area contributed by atoms with Gasteiger partial charge in [-0.1, -0.05) is 42.6 Å². The standard InChI is InChI=1S/C28H36N6O3.C20H28BF3N2O3.C14H17ClN4O2/c1-3-21-7-9-33(19-21)28(36)30-23-5-4-20(2)24(18-23)22-16-25(26-6-8-29-34(26)10-13-35)31-27(17-22)32-11-14-37-15-12-32;1-13-6-7-15(10-16(13)21-28-18(2,3)19(4,5)29-21)25-17(27)26-9-8-14(12-26)11-20(22,23)24;15-11-9-12(13-1-2-16-19(13)3-6-20)17-14(10-11)18-4-7-21-8-5-18/h4-6,8,16-18,21,35H,3,7,9-15,19H2,1-2H3,(H,30,36);6-7,10,14H,8-9,11-12H2,1-5H3,(H,25,27);1-2,9-10,20H,3-8H2/t21-;14-;/m10./s1. The number of halogens is 4. The van der Waals surface area contributed by atoms with Gasteiger partial charge >= 0.3 is 25.4 Å². The van der Waals surface area contributed by atoms with Crippen molar-refractivity contribution in [2.75, 3.05) is 112 Å². The molecule has 0 bridgehead atoms. The molecule has 0 radical (unpaired) electrons. The van der Waals surface area contributed by atoms with Crippen molar-refractivity contribution < 1.29 is 51.8 Å². The first kappa shape index (κ1) is 64.7. The minimum atomic E-state index is -4.20. The van der Waals surface area contributed by atoms with E-state index in [0.29, 0.717) is 69.1 Å². The van der Waals surface area contributed by atoms with Crippen molar-refractivity contribution in [1.29, 1.82) is 0 Å². The Hall–Kier alpha value is -6.80. The van der Waals surface area contributed by atoms with E-state index in [-0.39, 0.29) is 25.8 Å². The summed E-state index contributed by atoms with van der Waals surface area (Å²) in [5, 5.41) is 33.7. The molecule has 25 heteroatoms. The molecule has 5 saturated heterocycles. The summed E-state index contributed by atoms with van der Waals surface area (Å²) in [7, 11) is -0.556. The summed E-state index contributed by atoms with van der Waals surface area (Å²) in [5.74, 6) is 1.77. The minimum Gasteiger partial charge on any atom is -0.399 e. The highest BCUT2D eigenvalue weighted by molar-refractivity contribution is 6.62. The van der Waals surface area contributed by atoms with Crippen molar-refractivity contribution in [3.8, 4) is 33.9 Å². The second-order valence-corrected chi connectivity index (χ2v) is 24.1. The first-order valence-electron chi connectivity index (χ1n) is 30.0. The molecule has 4 amide bonds. The molecule has 5 aliphatic rings. The molecule has 0 unspecified atom stereocenters. The van der Waals surface area contributed by atoms with Crippen molar-refractivity contribution in [3.05, 3.63) is 101 Å². The summed E-state index contributed by atoms with van der Waals surface area (Å²) in [5.41, 5.74) is 8.58. The smallest absolute Gasteiger partial charge is 0.399 e. The molecule has 4 aromatic heterocycles. The van der Waals surface area contributed by atoms with Crippen LogP contribution in [0.15, 0.2) is 85.2 Å². The number of aliphatic hydroxyl groups is 2. The van der Waals surface area contributed by atoms with E-state index >= 15 is 0 Å². The zero-order valence-corrected chi connectivity index (χ0v) is 51.5. The van der Waals surface area contributed by atoms with Gasteiger partial charge in [0.05, 0.1) is 86.7 Å². The van der Waals surface area contributed by atoms with Crippen molar-refractivity contribution in [1.82, 2.24) is 39.3 Å². The maximum Gasteiger partial charge on any atom is 0.495 e. The lowest BCUT2D eigenvalue weighted by Crippen LogP contribution is -2.41. The zero-order valence-electron chi connectivity index (χ0n) is 50.8. The molecular formula is C62H81BClF3N12O8. The van der Waals surface area contributed by atoms with Gasteiger partial charge in [-0.25, -0.2) is 19.6 Å². The van der Waals surface area contributed by atoms with Crippen LogP contribution in [0.4, 0.5) is 45.8 Å². The first-order chi connectivity index (χ1) is 41.6. The summed E-state index contributed by atoms with van der Waals surface area (Å²) >= 11 is 6.24. The van der Waals surface area contributed by atoms with E-state index in [4.69, 9.17) is 40.5 Å². The Morgan fingerprint density at radius 2 is 1.16 bits per heavy atom. The third-order valence-corrected chi connectivity index (χ3v) is 17.1. The highest BCUT2D eigenvalue weighted by Gasteiger charge is 2.52. The van der Waals surface area contributed by atoms with Crippen LogP contribution in [0, 0.1) is 25.7 Å². The third kappa shape index (κ3) is 16.5. The van der Waals surface area contributed by atoms with Crippen molar-refractivity contribution in [2.45, 2.75) is 105 Å². The number of benzene rings is 2. The summed E-state index contributed by atoms with van der Waals surface area (Å²) < 4.78 is 64.4. The number of aryl methyl sites for hydroxylation is 2. The molecule has 20 nitrogen and oxygen atoms in total. The van der Waals surface area contributed by atoms with Crippen molar-refractivity contribution in [2.24, 2.45) is 11.8 Å². The molecule has 6 aromatic rings. The largest absolute Gasteiger partial charge is 0.495 e. The molecular weight excluding hydrogens is 1140 g/mol.